The fraction of sp³-hybridized carbons (Fsp3) is 0.150. The molecular formula is C20H18N4O4S. The number of benzene rings is 2. The molecule has 0 amide bonds. The Hall–Kier alpha value is -3.46. The maximum absolute atomic E-state index is 12.6. The predicted molar refractivity (Wildman–Crippen MR) is 110 cm³/mol. The molecule has 148 valence electrons. The molecule has 0 fully saturated rings. The minimum absolute atomic E-state index is 0.0525. The number of aromatic nitrogens is 4. The molecule has 0 unspecified atom stereocenters. The van der Waals surface area contributed by atoms with E-state index in [-0.39, 0.29) is 11.4 Å². The summed E-state index contributed by atoms with van der Waals surface area (Å²) in [5.41, 5.74) is 3.20. The summed E-state index contributed by atoms with van der Waals surface area (Å²) in [4.78, 5) is 24.6. The second-order valence-corrected chi connectivity index (χ2v) is 7.47. The van der Waals surface area contributed by atoms with Gasteiger partial charge in [0.1, 0.15) is 22.0 Å². The summed E-state index contributed by atoms with van der Waals surface area (Å²) in [7, 11) is -0.973. The highest BCUT2D eigenvalue weighted by atomic mass is 32.2. The number of aryl methyl sites for hydroxylation is 1. The Bertz CT molecular complexity index is 1350. The zero-order valence-corrected chi connectivity index (χ0v) is 16.6. The van der Waals surface area contributed by atoms with E-state index < -0.39 is 10.7 Å². The molecule has 0 saturated carbocycles. The van der Waals surface area contributed by atoms with Crippen LogP contribution in [0.2, 0.25) is 0 Å². The average molecular weight is 410 g/mol. The van der Waals surface area contributed by atoms with Crippen LogP contribution in [-0.2, 0) is 16.5 Å². The van der Waals surface area contributed by atoms with E-state index in [1.165, 1.54) is 4.57 Å². The topological polar surface area (TPSA) is 107 Å². The third-order valence-corrected chi connectivity index (χ3v) is 5.15. The minimum Gasteiger partial charge on any atom is -0.497 e. The van der Waals surface area contributed by atoms with Crippen LogP contribution in [0.3, 0.4) is 0 Å². The van der Waals surface area contributed by atoms with Gasteiger partial charge >= 0.3 is 5.69 Å². The maximum atomic E-state index is 12.6. The van der Waals surface area contributed by atoms with Crippen LogP contribution < -0.4 is 10.4 Å². The van der Waals surface area contributed by atoms with Gasteiger partial charge in [-0.1, -0.05) is 24.3 Å². The summed E-state index contributed by atoms with van der Waals surface area (Å²) < 4.78 is 28.8. The Balaban J connectivity index is 1.92. The number of thiol groups is 1. The Morgan fingerprint density at radius 3 is 2.66 bits per heavy atom. The summed E-state index contributed by atoms with van der Waals surface area (Å²) >= 11 is 0. The van der Waals surface area contributed by atoms with Crippen molar-refractivity contribution >= 4 is 21.9 Å². The zero-order valence-electron chi connectivity index (χ0n) is 15.7. The van der Waals surface area contributed by atoms with Crippen molar-refractivity contribution in [2.24, 2.45) is 0 Å². The van der Waals surface area contributed by atoms with Crippen LogP contribution in [-0.4, -0.2) is 35.0 Å². The first-order valence-electron chi connectivity index (χ1n) is 8.81. The number of hydrogen-bond donors (Lipinski definition) is 2. The summed E-state index contributed by atoms with van der Waals surface area (Å²) in [6, 6.07) is 14.2. The summed E-state index contributed by atoms with van der Waals surface area (Å²) in [6.45, 7) is 1.79. The number of fused-ring (bicyclic) bond motifs is 1. The van der Waals surface area contributed by atoms with Crippen LogP contribution in [0, 0.1) is 6.92 Å². The molecule has 2 aromatic carbocycles. The normalized spacial score (nSPS) is 11.3. The van der Waals surface area contributed by atoms with Crippen LogP contribution in [0.1, 0.15) is 11.3 Å². The second-order valence-electron chi connectivity index (χ2n) is 6.49. The number of hydrogen-bond acceptors (Lipinski definition) is 6. The van der Waals surface area contributed by atoms with Crippen molar-refractivity contribution in [1.82, 2.24) is 19.5 Å². The number of nitrogens with zero attached hydrogens (tertiary/aromatic N) is 3. The minimum atomic E-state index is -2.53. The van der Waals surface area contributed by atoms with Gasteiger partial charge in [0.15, 0.2) is 11.5 Å². The van der Waals surface area contributed by atoms with Gasteiger partial charge in [0.25, 0.3) is 0 Å². The molecule has 29 heavy (non-hydrogen) atoms. The highest BCUT2D eigenvalue weighted by Crippen LogP contribution is 2.23. The molecule has 0 bridgehead atoms. The first-order chi connectivity index (χ1) is 14.0. The van der Waals surface area contributed by atoms with Gasteiger partial charge < -0.3 is 9.72 Å². The fourth-order valence-electron chi connectivity index (χ4n) is 3.20. The maximum Gasteiger partial charge on any atom is 0.332 e. The number of nitrogens with one attached hydrogen (secondary N) is 1. The van der Waals surface area contributed by atoms with E-state index in [2.05, 4.69) is 15.0 Å². The van der Waals surface area contributed by atoms with E-state index in [0.717, 1.165) is 0 Å². The summed E-state index contributed by atoms with van der Waals surface area (Å²) in [5, 5.41) is 0. The molecule has 0 aliphatic carbocycles. The smallest absolute Gasteiger partial charge is 0.332 e. The molecule has 0 aliphatic heterocycles. The van der Waals surface area contributed by atoms with Crippen molar-refractivity contribution in [3.63, 3.8) is 0 Å². The van der Waals surface area contributed by atoms with Gasteiger partial charge in [0.05, 0.1) is 24.2 Å². The predicted octanol–water partition coefficient (Wildman–Crippen LogP) is 2.20. The quantitative estimate of drug-likeness (QED) is 0.489. The van der Waals surface area contributed by atoms with Gasteiger partial charge in [-0.2, -0.15) is 0 Å². The van der Waals surface area contributed by atoms with Crippen molar-refractivity contribution in [1.29, 1.82) is 0 Å². The number of rotatable bonds is 5. The van der Waals surface area contributed by atoms with E-state index in [1.54, 1.807) is 56.5 Å². The van der Waals surface area contributed by atoms with E-state index in [1.807, 2.05) is 6.07 Å². The van der Waals surface area contributed by atoms with Crippen molar-refractivity contribution in [2.75, 3.05) is 7.11 Å². The standard InChI is InChI=1S/C20H18N4O4S/c1-12-17-19(24(20(25)22-17)15-7-4-8-16(10-15)28-2)23-18(21-12)14-6-3-5-13(9-14)11-29(26)27/h3-10,29H,11H2,1-2H3,(H,22,25). The van der Waals surface area contributed by atoms with Crippen molar-refractivity contribution in [3.8, 4) is 22.8 Å². The molecular weight excluding hydrogens is 392 g/mol. The first-order valence-corrected chi connectivity index (χ1v) is 10.2. The number of aromatic amines is 1. The van der Waals surface area contributed by atoms with Gasteiger partial charge in [-0.25, -0.2) is 27.7 Å². The van der Waals surface area contributed by atoms with Crippen LogP contribution in [0.15, 0.2) is 53.3 Å². The molecule has 0 aliphatic rings. The van der Waals surface area contributed by atoms with Crippen molar-refractivity contribution in [3.05, 3.63) is 70.3 Å². The van der Waals surface area contributed by atoms with E-state index in [9.17, 15) is 13.2 Å². The third kappa shape index (κ3) is 3.64. The van der Waals surface area contributed by atoms with Crippen molar-refractivity contribution < 1.29 is 13.2 Å². The Morgan fingerprint density at radius 2 is 1.90 bits per heavy atom. The van der Waals surface area contributed by atoms with Crippen LogP contribution in [0.4, 0.5) is 0 Å². The lowest BCUT2D eigenvalue weighted by atomic mass is 10.1. The molecule has 2 heterocycles. The highest BCUT2D eigenvalue weighted by Gasteiger charge is 2.16. The van der Waals surface area contributed by atoms with Gasteiger partial charge in [0, 0.05) is 11.6 Å². The molecule has 2 aromatic heterocycles. The zero-order chi connectivity index (χ0) is 20.5. The molecule has 1 N–H and O–H groups in total. The van der Waals surface area contributed by atoms with E-state index in [0.29, 0.717) is 45.2 Å². The second kappa shape index (κ2) is 7.51. The van der Waals surface area contributed by atoms with E-state index in [4.69, 9.17) is 4.74 Å². The summed E-state index contributed by atoms with van der Waals surface area (Å²) in [5.74, 6) is 0.978. The van der Waals surface area contributed by atoms with Crippen LogP contribution in [0.5, 0.6) is 5.75 Å². The Kier molecular flexibility index (Phi) is 4.89. The van der Waals surface area contributed by atoms with Gasteiger partial charge in [-0.05, 0) is 30.7 Å². The molecule has 4 aromatic rings. The van der Waals surface area contributed by atoms with Gasteiger partial charge in [0.2, 0.25) is 0 Å². The lowest BCUT2D eigenvalue weighted by Crippen LogP contribution is -2.15. The lowest BCUT2D eigenvalue weighted by molar-refractivity contribution is 0.414. The average Bonchev–Trinajstić information content (AvgIpc) is 3.04. The van der Waals surface area contributed by atoms with Crippen molar-refractivity contribution in [2.45, 2.75) is 12.7 Å². The molecule has 0 spiro atoms. The van der Waals surface area contributed by atoms with Gasteiger partial charge in [-0.15, -0.1) is 0 Å². The monoisotopic (exact) mass is 410 g/mol. The van der Waals surface area contributed by atoms with Crippen LogP contribution >= 0.6 is 0 Å². The SMILES string of the molecule is COc1cccc(-n2c(=O)[nH]c3c(C)nc(-c4cccc(C[SH](=O)=O)c4)nc32)c1. The summed E-state index contributed by atoms with van der Waals surface area (Å²) in [6.07, 6.45) is 0. The fourth-order valence-corrected chi connectivity index (χ4v) is 3.70. The van der Waals surface area contributed by atoms with Crippen LogP contribution in [0.25, 0.3) is 28.2 Å². The van der Waals surface area contributed by atoms with E-state index >= 15 is 0 Å². The first kappa shape index (κ1) is 18.9. The Morgan fingerprint density at radius 1 is 1.10 bits per heavy atom. The number of imidazole rings is 1. The molecule has 0 radical (unpaired) electrons. The Labute approximate surface area is 167 Å². The molecule has 0 saturated heterocycles. The lowest BCUT2D eigenvalue weighted by Gasteiger charge is -2.08. The molecule has 9 heteroatoms. The van der Waals surface area contributed by atoms with Gasteiger partial charge in [-0.3, -0.25) is 0 Å². The highest BCUT2D eigenvalue weighted by molar-refractivity contribution is 7.71. The largest absolute Gasteiger partial charge is 0.497 e. The molecule has 4 rings (SSSR count). The number of methoxy groups -OCH3 is 1. The molecule has 8 nitrogen and oxygen atoms in total. The molecule has 0 atom stereocenters. The number of H-pyrrole nitrogens is 1. The third-order valence-electron chi connectivity index (χ3n) is 4.53. The number of ether oxygens (including phenoxy) is 1.